The van der Waals surface area contributed by atoms with Crippen LogP contribution in [0.4, 0.5) is 0 Å². The summed E-state index contributed by atoms with van der Waals surface area (Å²) >= 11 is 0. The molecular formula is C20H21N3O3. The Kier molecular flexibility index (Phi) is 5.53. The summed E-state index contributed by atoms with van der Waals surface area (Å²) in [5, 5.41) is 7.31. The topological polar surface area (TPSA) is 65.4 Å². The second kappa shape index (κ2) is 8.20. The van der Waals surface area contributed by atoms with Gasteiger partial charge in [0.1, 0.15) is 11.5 Å². The molecule has 0 saturated heterocycles. The summed E-state index contributed by atoms with van der Waals surface area (Å²) in [6.45, 7) is 0.416. The van der Waals surface area contributed by atoms with E-state index >= 15 is 0 Å². The molecule has 26 heavy (non-hydrogen) atoms. The molecule has 0 bridgehead atoms. The molecule has 0 fully saturated rings. The maximum absolute atomic E-state index is 12.4. The van der Waals surface area contributed by atoms with Crippen molar-refractivity contribution < 1.29 is 14.3 Å². The Morgan fingerprint density at radius 3 is 2.19 bits per heavy atom. The Bertz CT molecular complexity index is 828. The molecule has 3 aromatic rings. The lowest BCUT2D eigenvalue weighted by atomic mass is 10.1. The summed E-state index contributed by atoms with van der Waals surface area (Å²) < 4.78 is 12.2. The number of carbonyl (C=O) groups is 1. The van der Waals surface area contributed by atoms with Gasteiger partial charge in [-0.2, -0.15) is 5.10 Å². The van der Waals surface area contributed by atoms with E-state index < -0.39 is 0 Å². The number of methoxy groups -OCH3 is 2. The molecule has 0 aliphatic carbocycles. The highest BCUT2D eigenvalue weighted by atomic mass is 16.5. The predicted molar refractivity (Wildman–Crippen MR) is 98.7 cm³/mol. The van der Waals surface area contributed by atoms with Crippen LogP contribution in [0, 0.1) is 0 Å². The molecule has 6 nitrogen and oxygen atoms in total. The predicted octanol–water partition coefficient (Wildman–Crippen LogP) is 2.92. The lowest BCUT2D eigenvalue weighted by Crippen LogP contribution is -2.31. The van der Waals surface area contributed by atoms with Crippen molar-refractivity contribution in [1.82, 2.24) is 15.1 Å². The zero-order valence-electron chi connectivity index (χ0n) is 14.8. The van der Waals surface area contributed by atoms with Gasteiger partial charge in [-0.15, -0.1) is 0 Å². The highest BCUT2D eigenvalue weighted by molar-refractivity contribution is 5.94. The summed E-state index contributed by atoms with van der Waals surface area (Å²) in [7, 11) is 3.23. The van der Waals surface area contributed by atoms with Crippen LogP contribution in [0.1, 0.15) is 22.0 Å². The monoisotopic (exact) mass is 351 g/mol. The van der Waals surface area contributed by atoms with E-state index in [4.69, 9.17) is 9.47 Å². The van der Waals surface area contributed by atoms with E-state index in [9.17, 15) is 4.79 Å². The van der Waals surface area contributed by atoms with E-state index in [1.807, 2.05) is 41.2 Å². The van der Waals surface area contributed by atoms with Gasteiger partial charge in [0, 0.05) is 24.5 Å². The van der Waals surface area contributed by atoms with Crippen molar-refractivity contribution in [2.45, 2.75) is 6.04 Å². The third-order valence-electron chi connectivity index (χ3n) is 4.15. The minimum absolute atomic E-state index is 0.113. The first-order valence-corrected chi connectivity index (χ1v) is 8.26. The Morgan fingerprint density at radius 1 is 1.04 bits per heavy atom. The molecule has 0 aliphatic heterocycles. The van der Waals surface area contributed by atoms with Crippen LogP contribution in [0.2, 0.25) is 0 Å². The molecule has 0 radical (unpaired) electrons. The van der Waals surface area contributed by atoms with E-state index in [1.165, 1.54) is 0 Å². The van der Waals surface area contributed by atoms with Gasteiger partial charge in [-0.1, -0.05) is 12.1 Å². The first-order chi connectivity index (χ1) is 12.7. The van der Waals surface area contributed by atoms with Gasteiger partial charge in [-0.05, 0) is 48.0 Å². The number of benzene rings is 2. The molecule has 1 atom stereocenters. The molecule has 0 saturated carbocycles. The van der Waals surface area contributed by atoms with Gasteiger partial charge in [0.2, 0.25) is 0 Å². The molecule has 1 unspecified atom stereocenters. The second-order valence-corrected chi connectivity index (χ2v) is 5.71. The summed E-state index contributed by atoms with van der Waals surface area (Å²) in [5.41, 5.74) is 1.62. The van der Waals surface area contributed by atoms with Crippen LogP contribution < -0.4 is 14.8 Å². The van der Waals surface area contributed by atoms with Gasteiger partial charge in [-0.3, -0.25) is 9.48 Å². The molecule has 1 amide bonds. The minimum atomic E-state index is -0.140. The molecule has 6 heteroatoms. The molecule has 0 aliphatic rings. The van der Waals surface area contributed by atoms with E-state index in [0.717, 1.165) is 11.3 Å². The molecule has 134 valence electrons. The van der Waals surface area contributed by atoms with Crippen LogP contribution in [0.15, 0.2) is 67.0 Å². The molecule has 1 aromatic heterocycles. The first kappa shape index (κ1) is 17.5. The molecular weight excluding hydrogens is 330 g/mol. The van der Waals surface area contributed by atoms with Gasteiger partial charge in [0.25, 0.3) is 5.91 Å². The zero-order chi connectivity index (χ0) is 18.4. The first-order valence-electron chi connectivity index (χ1n) is 8.26. The Hall–Kier alpha value is -3.28. The van der Waals surface area contributed by atoms with Crippen LogP contribution in [-0.4, -0.2) is 36.5 Å². The average molecular weight is 351 g/mol. The van der Waals surface area contributed by atoms with E-state index in [2.05, 4.69) is 10.4 Å². The summed E-state index contributed by atoms with van der Waals surface area (Å²) in [6.07, 6.45) is 3.61. The van der Waals surface area contributed by atoms with Gasteiger partial charge >= 0.3 is 0 Å². The molecule has 1 heterocycles. The van der Waals surface area contributed by atoms with Gasteiger partial charge in [-0.25, -0.2) is 0 Å². The molecule has 3 rings (SSSR count). The fourth-order valence-corrected chi connectivity index (χ4v) is 2.69. The van der Waals surface area contributed by atoms with Crippen LogP contribution in [-0.2, 0) is 0 Å². The number of nitrogens with zero attached hydrogens (tertiary/aromatic N) is 2. The van der Waals surface area contributed by atoms with Crippen molar-refractivity contribution in [3.05, 3.63) is 78.1 Å². The van der Waals surface area contributed by atoms with Crippen molar-refractivity contribution in [2.75, 3.05) is 20.8 Å². The summed E-state index contributed by atoms with van der Waals surface area (Å²) in [4.78, 5) is 12.4. The highest BCUT2D eigenvalue weighted by Crippen LogP contribution is 2.20. The number of carbonyl (C=O) groups excluding carboxylic acids is 1. The van der Waals surface area contributed by atoms with Crippen LogP contribution in [0.3, 0.4) is 0 Å². The normalized spacial score (nSPS) is 11.6. The van der Waals surface area contributed by atoms with Gasteiger partial charge in [0.05, 0.1) is 20.3 Å². The molecule has 2 aromatic carbocycles. The van der Waals surface area contributed by atoms with Crippen LogP contribution >= 0.6 is 0 Å². The third kappa shape index (κ3) is 4.03. The summed E-state index contributed by atoms with van der Waals surface area (Å²) in [6, 6.07) is 16.5. The molecule has 1 N–H and O–H groups in total. The largest absolute Gasteiger partial charge is 0.497 e. The smallest absolute Gasteiger partial charge is 0.251 e. The lowest BCUT2D eigenvalue weighted by Gasteiger charge is -2.19. The number of hydrogen-bond donors (Lipinski definition) is 1. The summed E-state index contributed by atoms with van der Waals surface area (Å²) in [5.74, 6) is 1.36. The van der Waals surface area contributed by atoms with E-state index in [-0.39, 0.29) is 11.9 Å². The molecule has 0 spiro atoms. The maximum Gasteiger partial charge on any atom is 0.251 e. The average Bonchev–Trinajstić information content (AvgIpc) is 3.23. The van der Waals surface area contributed by atoms with Crippen molar-refractivity contribution in [1.29, 1.82) is 0 Å². The lowest BCUT2D eigenvalue weighted by molar-refractivity contribution is 0.0949. The highest BCUT2D eigenvalue weighted by Gasteiger charge is 2.16. The van der Waals surface area contributed by atoms with E-state index in [0.29, 0.717) is 17.9 Å². The Morgan fingerprint density at radius 2 is 1.65 bits per heavy atom. The Labute approximate surface area is 152 Å². The standard InChI is InChI=1S/C20H21N3O3/c1-25-17-8-4-15(5-9-17)19(23-13-3-12-22-23)14-21-20(24)16-6-10-18(26-2)11-7-16/h3-13,19H,14H2,1-2H3,(H,21,24). The SMILES string of the molecule is COc1ccc(C(=O)NCC(c2ccc(OC)cc2)n2cccn2)cc1. The second-order valence-electron chi connectivity index (χ2n) is 5.71. The number of aromatic nitrogens is 2. The van der Waals surface area contributed by atoms with Gasteiger partial charge in [0.15, 0.2) is 0 Å². The number of amides is 1. The van der Waals surface area contributed by atoms with Gasteiger partial charge < -0.3 is 14.8 Å². The Balaban J connectivity index is 1.74. The van der Waals surface area contributed by atoms with Crippen LogP contribution in [0.5, 0.6) is 11.5 Å². The fourth-order valence-electron chi connectivity index (χ4n) is 2.69. The minimum Gasteiger partial charge on any atom is -0.497 e. The van der Waals surface area contributed by atoms with Crippen molar-refractivity contribution in [2.24, 2.45) is 0 Å². The van der Waals surface area contributed by atoms with Crippen molar-refractivity contribution in [3.8, 4) is 11.5 Å². The number of hydrogen-bond acceptors (Lipinski definition) is 4. The number of rotatable bonds is 7. The number of ether oxygens (including phenoxy) is 2. The zero-order valence-corrected chi connectivity index (χ0v) is 14.8. The van der Waals surface area contributed by atoms with E-state index in [1.54, 1.807) is 44.7 Å². The van der Waals surface area contributed by atoms with Crippen molar-refractivity contribution in [3.63, 3.8) is 0 Å². The number of nitrogens with one attached hydrogen (secondary N) is 1. The van der Waals surface area contributed by atoms with Crippen LogP contribution in [0.25, 0.3) is 0 Å². The third-order valence-corrected chi connectivity index (χ3v) is 4.15. The quantitative estimate of drug-likeness (QED) is 0.711. The van der Waals surface area contributed by atoms with Crippen molar-refractivity contribution >= 4 is 5.91 Å². The fraction of sp³-hybridized carbons (Fsp3) is 0.200. The maximum atomic E-state index is 12.4.